The van der Waals surface area contributed by atoms with E-state index in [1.807, 2.05) is 4.90 Å². The molecule has 118 valence electrons. The second-order valence-corrected chi connectivity index (χ2v) is 6.16. The molecule has 0 unspecified atom stereocenters. The van der Waals surface area contributed by atoms with Gasteiger partial charge < -0.3 is 14.6 Å². The van der Waals surface area contributed by atoms with Crippen molar-refractivity contribution in [1.82, 2.24) is 14.5 Å². The SMILES string of the molecule is O=C(C[C@@H]1C=CCC1)N1CCC(C(=O)O)(n2ccnc2)CC1. The Labute approximate surface area is 129 Å². The number of carbonyl (C=O) groups excluding carboxylic acids is 1. The van der Waals surface area contributed by atoms with Crippen molar-refractivity contribution in [2.45, 2.75) is 37.6 Å². The van der Waals surface area contributed by atoms with Gasteiger partial charge in [0.1, 0.15) is 5.54 Å². The smallest absolute Gasteiger partial charge is 0.330 e. The normalized spacial score (nSPS) is 23.6. The molecule has 0 radical (unpaired) electrons. The van der Waals surface area contributed by atoms with Crippen molar-refractivity contribution in [3.05, 3.63) is 30.9 Å². The molecule has 1 fully saturated rings. The van der Waals surface area contributed by atoms with E-state index in [0.717, 1.165) is 12.8 Å². The fourth-order valence-corrected chi connectivity index (χ4v) is 3.44. The van der Waals surface area contributed by atoms with Gasteiger partial charge in [0, 0.05) is 31.9 Å². The molecule has 2 heterocycles. The van der Waals surface area contributed by atoms with Crippen LogP contribution in [0.2, 0.25) is 0 Å². The molecule has 1 aromatic rings. The molecule has 3 rings (SSSR count). The third kappa shape index (κ3) is 2.65. The van der Waals surface area contributed by atoms with E-state index in [9.17, 15) is 14.7 Å². The summed E-state index contributed by atoms with van der Waals surface area (Å²) >= 11 is 0. The number of piperidine rings is 1. The zero-order valence-electron chi connectivity index (χ0n) is 12.5. The van der Waals surface area contributed by atoms with Gasteiger partial charge in [-0.2, -0.15) is 0 Å². The summed E-state index contributed by atoms with van der Waals surface area (Å²) in [5.41, 5.74) is -0.972. The second-order valence-electron chi connectivity index (χ2n) is 6.16. The zero-order chi connectivity index (χ0) is 15.6. The average molecular weight is 303 g/mol. The van der Waals surface area contributed by atoms with Crippen LogP contribution in [0.25, 0.3) is 0 Å². The summed E-state index contributed by atoms with van der Waals surface area (Å²) in [5, 5.41) is 9.65. The van der Waals surface area contributed by atoms with Gasteiger partial charge in [0.05, 0.1) is 6.33 Å². The molecule has 1 amide bonds. The zero-order valence-corrected chi connectivity index (χ0v) is 12.5. The summed E-state index contributed by atoms with van der Waals surface area (Å²) in [7, 11) is 0. The van der Waals surface area contributed by atoms with Crippen molar-refractivity contribution in [1.29, 1.82) is 0 Å². The molecule has 1 atom stereocenters. The van der Waals surface area contributed by atoms with Gasteiger partial charge in [-0.25, -0.2) is 9.78 Å². The first kappa shape index (κ1) is 14.8. The third-order valence-corrected chi connectivity index (χ3v) is 4.89. The minimum atomic E-state index is -0.972. The van der Waals surface area contributed by atoms with Crippen molar-refractivity contribution in [3.8, 4) is 0 Å². The molecule has 0 saturated carbocycles. The van der Waals surface area contributed by atoms with Gasteiger partial charge in [-0.05, 0) is 31.6 Å². The fraction of sp³-hybridized carbons (Fsp3) is 0.562. The average Bonchev–Trinajstić information content (AvgIpc) is 3.20. The Morgan fingerprint density at radius 3 is 2.64 bits per heavy atom. The summed E-state index contributed by atoms with van der Waals surface area (Å²) in [6, 6.07) is 0. The van der Waals surface area contributed by atoms with Gasteiger partial charge in [0.15, 0.2) is 0 Å². The highest BCUT2D eigenvalue weighted by Gasteiger charge is 2.43. The largest absolute Gasteiger partial charge is 0.479 e. The number of allylic oxidation sites excluding steroid dienone is 2. The lowest BCUT2D eigenvalue weighted by atomic mass is 9.87. The summed E-state index contributed by atoms with van der Waals surface area (Å²) in [6.45, 7) is 0.972. The Balaban J connectivity index is 1.64. The second kappa shape index (κ2) is 5.94. The maximum atomic E-state index is 12.3. The molecule has 6 heteroatoms. The van der Waals surface area contributed by atoms with Crippen molar-refractivity contribution in [3.63, 3.8) is 0 Å². The van der Waals surface area contributed by atoms with Crippen LogP contribution in [-0.2, 0) is 15.1 Å². The minimum Gasteiger partial charge on any atom is -0.479 e. The van der Waals surface area contributed by atoms with Gasteiger partial charge in [-0.1, -0.05) is 12.2 Å². The monoisotopic (exact) mass is 303 g/mol. The van der Waals surface area contributed by atoms with Crippen molar-refractivity contribution in [2.75, 3.05) is 13.1 Å². The quantitative estimate of drug-likeness (QED) is 0.858. The van der Waals surface area contributed by atoms with Crippen LogP contribution in [0, 0.1) is 5.92 Å². The van der Waals surface area contributed by atoms with E-state index in [2.05, 4.69) is 17.1 Å². The minimum absolute atomic E-state index is 0.140. The summed E-state index contributed by atoms with van der Waals surface area (Å²) in [5.74, 6) is -0.357. The molecule has 0 aromatic carbocycles. The fourth-order valence-electron chi connectivity index (χ4n) is 3.44. The Hall–Kier alpha value is -2.11. The standard InChI is InChI=1S/C16H21N3O3/c20-14(11-13-3-1-2-4-13)18-8-5-16(6-9-18,15(21)22)19-10-7-17-12-19/h1,3,7,10,12-13H,2,4-6,8-9,11H2,(H,21,22)/t13-/m1/s1. The van der Waals surface area contributed by atoms with Crippen molar-refractivity contribution in [2.24, 2.45) is 5.92 Å². The number of carboxylic acids is 1. The Morgan fingerprint density at radius 2 is 2.09 bits per heavy atom. The molecule has 6 nitrogen and oxygen atoms in total. The Kier molecular flexibility index (Phi) is 4.00. The maximum Gasteiger partial charge on any atom is 0.330 e. The predicted molar refractivity (Wildman–Crippen MR) is 80.1 cm³/mol. The number of amides is 1. The van der Waals surface area contributed by atoms with Gasteiger partial charge >= 0.3 is 5.97 Å². The molecule has 2 aliphatic rings. The number of hydrogen-bond acceptors (Lipinski definition) is 3. The maximum absolute atomic E-state index is 12.3. The highest BCUT2D eigenvalue weighted by molar-refractivity contribution is 5.79. The Morgan fingerprint density at radius 1 is 1.32 bits per heavy atom. The number of rotatable bonds is 4. The first-order chi connectivity index (χ1) is 10.6. The lowest BCUT2D eigenvalue weighted by molar-refractivity contribution is -0.152. The van der Waals surface area contributed by atoms with E-state index in [4.69, 9.17) is 0 Å². The van der Waals surface area contributed by atoms with E-state index < -0.39 is 11.5 Å². The molecular formula is C16H21N3O3. The van der Waals surface area contributed by atoms with Crippen LogP contribution in [0.4, 0.5) is 0 Å². The van der Waals surface area contributed by atoms with Crippen LogP contribution in [0.1, 0.15) is 32.1 Å². The predicted octanol–water partition coefficient (Wildman–Crippen LogP) is 1.64. The Bertz CT molecular complexity index is 571. The van der Waals surface area contributed by atoms with E-state index in [1.165, 1.54) is 0 Å². The number of hydrogen-bond donors (Lipinski definition) is 1. The molecule has 1 saturated heterocycles. The van der Waals surface area contributed by atoms with Crippen molar-refractivity contribution < 1.29 is 14.7 Å². The molecule has 1 aliphatic heterocycles. The van der Waals surface area contributed by atoms with E-state index in [1.54, 1.807) is 23.3 Å². The van der Waals surface area contributed by atoms with Crippen LogP contribution in [0.15, 0.2) is 30.9 Å². The number of nitrogens with zero attached hydrogens (tertiary/aromatic N) is 3. The molecular weight excluding hydrogens is 282 g/mol. The van der Waals surface area contributed by atoms with E-state index >= 15 is 0 Å². The third-order valence-electron chi connectivity index (χ3n) is 4.89. The van der Waals surface area contributed by atoms with Crippen LogP contribution in [0.3, 0.4) is 0 Å². The van der Waals surface area contributed by atoms with E-state index in [0.29, 0.717) is 38.3 Å². The van der Waals surface area contributed by atoms with Crippen LogP contribution in [0.5, 0.6) is 0 Å². The summed E-state index contributed by atoms with van der Waals surface area (Å²) in [6.07, 6.45) is 12.6. The molecule has 0 spiro atoms. The number of likely N-dealkylation sites (tertiary alicyclic amines) is 1. The molecule has 1 N–H and O–H groups in total. The number of aliphatic carboxylic acids is 1. The van der Waals surface area contributed by atoms with Crippen LogP contribution in [-0.4, -0.2) is 44.5 Å². The summed E-state index contributed by atoms with van der Waals surface area (Å²) in [4.78, 5) is 29.9. The topological polar surface area (TPSA) is 75.4 Å². The molecule has 0 bridgehead atoms. The van der Waals surface area contributed by atoms with Gasteiger partial charge in [-0.3, -0.25) is 4.79 Å². The molecule has 22 heavy (non-hydrogen) atoms. The van der Waals surface area contributed by atoms with Gasteiger partial charge in [0.25, 0.3) is 0 Å². The lowest BCUT2D eigenvalue weighted by Gasteiger charge is -2.39. The highest BCUT2D eigenvalue weighted by atomic mass is 16.4. The molecule has 1 aromatic heterocycles. The van der Waals surface area contributed by atoms with E-state index in [-0.39, 0.29) is 5.91 Å². The first-order valence-electron chi connectivity index (χ1n) is 7.78. The highest BCUT2D eigenvalue weighted by Crippen LogP contribution is 2.31. The molecule has 1 aliphatic carbocycles. The number of carboxylic acid groups (broad SMARTS) is 1. The lowest BCUT2D eigenvalue weighted by Crippen LogP contribution is -2.52. The van der Waals surface area contributed by atoms with Gasteiger partial charge in [-0.15, -0.1) is 0 Å². The van der Waals surface area contributed by atoms with Crippen LogP contribution < -0.4 is 0 Å². The number of carbonyl (C=O) groups is 2. The van der Waals surface area contributed by atoms with Crippen molar-refractivity contribution >= 4 is 11.9 Å². The number of imidazole rings is 1. The van der Waals surface area contributed by atoms with Crippen LogP contribution >= 0.6 is 0 Å². The number of aromatic nitrogens is 2. The summed E-state index contributed by atoms with van der Waals surface area (Å²) < 4.78 is 1.66. The van der Waals surface area contributed by atoms with Gasteiger partial charge in [0.2, 0.25) is 5.91 Å². The first-order valence-corrected chi connectivity index (χ1v) is 7.78.